The summed E-state index contributed by atoms with van der Waals surface area (Å²) in [6.45, 7) is 10.3. The highest BCUT2D eigenvalue weighted by atomic mass is 16.6. The number of anilines is 1. The molecule has 0 saturated carbocycles. The van der Waals surface area contributed by atoms with Crippen LogP contribution in [0.2, 0.25) is 0 Å². The molecule has 0 aromatic heterocycles. The number of carbonyl (C=O) groups excluding carboxylic acids is 1. The predicted octanol–water partition coefficient (Wildman–Crippen LogP) is 2.35. The summed E-state index contributed by atoms with van der Waals surface area (Å²) in [5, 5.41) is 0. The molecule has 2 aliphatic heterocycles. The van der Waals surface area contributed by atoms with Crippen LogP contribution in [0.25, 0.3) is 0 Å². The van der Waals surface area contributed by atoms with E-state index in [1.54, 1.807) is 0 Å². The van der Waals surface area contributed by atoms with Gasteiger partial charge >= 0.3 is 6.09 Å². The van der Waals surface area contributed by atoms with Crippen molar-refractivity contribution < 1.29 is 9.53 Å². The van der Waals surface area contributed by atoms with E-state index in [2.05, 4.69) is 41.0 Å². The number of ether oxygens (including phenoxy) is 1. The Morgan fingerprint density at radius 3 is 2.70 bits per heavy atom. The third kappa shape index (κ3) is 3.78. The van der Waals surface area contributed by atoms with Crippen LogP contribution in [0.15, 0.2) is 24.3 Å². The molecule has 126 valence electrons. The van der Waals surface area contributed by atoms with E-state index in [1.165, 1.54) is 11.3 Å². The molecule has 5 heteroatoms. The standard InChI is InChI=1S/C18H27N3O2/c1-3-23-18(22)21-8-7-17(14-21)20-11-9-19(10-12-20)16-6-4-5-15(2)13-16/h4-6,13,17H,3,7-12,14H2,1-2H3. The van der Waals surface area contributed by atoms with E-state index >= 15 is 0 Å². The Hall–Kier alpha value is -1.75. The van der Waals surface area contributed by atoms with Crippen LogP contribution < -0.4 is 4.90 Å². The fraction of sp³-hybridized carbons (Fsp3) is 0.611. The number of rotatable bonds is 3. The van der Waals surface area contributed by atoms with E-state index in [-0.39, 0.29) is 6.09 Å². The second-order valence-corrected chi connectivity index (χ2v) is 6.45. The molecule has 2 heterocycles. The third-order valence-electron chi connectivity index (χ3n) is 4.89. The van der Waals surface area contributed by atoms with Crippen molar-refractivity contribution in [2.45, 2.75) is 26.3 Å². The molecule has 0 N–H and O–H groups in total. The molecule has 2 fully saturated rings. The van der Waals surface area contributed by atoms with Gasteiger partial charge in [0.2, 0.25) is 0 Å². The number of piperazine rings is 1. The van der Waals surface area contributed by atoms with Gasteiger partial charge in [-0.3, -0.25) is 4.90 Å². The third-order valence-corrected chi connectivity index (χ3v) is 4.89. The SMILES string of the molecule is CCOC(=O)N1CCC(N2CCN(c3cccc(C)c3)CC2)C1. The number of aryl methyl sites for hydroxylation is 1. The molecular weight excluding hydrogens is 290 g/mol. The van der Waals surface area contributed by atoms with Gasteiger partial charge in [0.15, 0.2) is 0 Å². The lowest BCUT2D eigenvalue weighted by Crippen LogP contribution is -2.51. The molecule has 0 spiro atoms. The van der Waals surface area contributed by atoms with Gasteiger partial charge in [0.25, 0.3) is 0 Å². The van der Waals surface area contributed by atoms with Gasteiger partial charge in [-0.1, -0.05) is 12.1 Å². The minimum atomic E-state index is -0.159. The summed E-state index contributed by atoms with van der Waals surface area (Å²) < 4.78 is 5.11. The van der Waals surface area contributed by atoms with Crippen molar-refractivity contribution in [1.29, 1.82) is 0 Å². The van der Waals surface area contributed by atoms with Crippen LogP contribution in [0.1, 0.15) is 18.9 Å². The smallest absolute Gasteiger partial charge is 0.409 e. The first-order chi connectivity index (χ1) is 11.2. The Morgan fingerprint density at radius 2 is 2.00 bits per heavy atom. The summed E-state index contributed by atoms with van der Waals surface area (Å²) in [4.78, 5) is 18.7. The molecule has 3 rings (SSSR count). The molecule has 23 heavy (non-hydrogen) atoms. The summed E-state index contributed by atoms with van der Waals surface area (Å²) in [7, 11) is 0. The average molecular weight is 317 g/mol. The van der Waals surface area contributed by atoms with Crippen LogP contribution in [-0.4, -0.2) is 67.8 Å². The fourth-order valence-corrected chi connectivity index (χ4v) is 3.59. The Balaban J connectivity index is 1.51. The van der Waals surface area contributed by atoms with Crippen molar-refractivity contribution in [2.24, 2.45) is 0 Å². The number of hydrogen-bond acceptors (Lipinski definition) is 4. The van der Waals surface area contributed by atoms with Crippen LogP contribution in [0, 0.1) is 6.92 Å². The van der Waals surface area contributed by atoms with E-state index in [0.717, 1.165) is 45.7 Å². The van der Waals surface area contributed by atoms with Gasteiger partial charge in [0, 0.05) is 51.0 Å². The fourth-order valence-electron chi connectivity index (χ4n) is 3.59. The first kappa shape index (κ1) is 16.1. The van der Waals surface area contributed by atoms with Crippen molar-refractivity contribution in [2.75, 3.05) is 50.8 Å². The maximum absolute atomic E-state index is 11.8. The number of benzene rings is 1. The number of likely N-dealkylation sites (tertiary alicyclic amines) is 1. The second-order valence-electron chi connectivity index (χ2n) is 6.45. The monoisotopic (exact) mass is 317 g/mol. The van der Waals surface area contributed by atoms with Gasteiger partial charge in [0.05, 0.1) is 6.61 Å². The largest absolute Gasteiger partial charge is 0.450 e. The van der Waals surface area contributed by atoms with E-state index < -0.39 is 0 Å². The predicted molar refractivity (Wildman–Crippen MR) is 92.0 cm³/mol. The minimum Gasteiger partial charge on any atom is -0.450 e. The van der Waals surface area contributed by atoms with Crippen LogP contribution in [0.5, 0.6) is 0 Å². The Morgan fingerprint density at radius 1 is 1.22 bits per heavy atom. The Bertz CT molecular complexity index is 541. The van der Waals surface area contributed by atoms with Crippen molar-refractivity contribution in [3.05, 3.63) is 29.8 Å². The lowest BCUT2D eigenvalue weighted by atomic mass is 10.1. The first-order valence-corrected chi connectivity index (χ1v) is 8.64. The van der Waals surface area contributed by atoms with Gasteiger partial charge < -0.3 is 14.5 Å². The number of nitrogens with zero attached hydrogens (tertiary/aromatic N) is 3. The second kappa shape index (κ2) is 7.21. The summed E-state index contributed by atoms with van der Waals surface area (Å²) in [6, 6.07) is 9.21. The van der Waals surface area contributed by atoms with Crippen molar-refractivity contribution in [3.8, 4) is 0 Å². The highest BCUT2D eigenvalue weighted by Gasteiger charge is 2.32. The van der Waals surface area contributed by atoms with E-state index in [1.807, 2.05) is 11.8 Å². The molecule has 1 amide bonds. The minimum absolute atomic E-state index is 0.159. The van der Waals surface area contributed by atoms with Crippen molar-refractivity contribution in [1.82, 2.24) is 9.80 Å². The molecule has 0 radical (unpaired) electrons. The topological polar surface area (TPSA) is 36.0 Å². The molecule has 0 aliphatic carbocycles. The van der Waals surface area contributed by atoms with Crippen LogP contribution in [0.4, 0.5) is 10.5 Å². The molecule has 2 saturated heterocycles. The molecule has 1 unspecified atom stereocenters. The molecule has 1 atom stereocenters. The molecule has 5 nitrogen and oxygen atoms in total. The van der Waals surface area contributed by atoms with Gasteiger partial charge in [-0.2, -0.15) is 0 Å². The highest BCUT2D eigenvalue weighted by molar-refractivity contribution is 5.68. The van der Waals surface area contributed by atoms with Crippen molar-refractivity contribution in [3.63, 3.8) is 0 Å². The average Bonchev–Trinajstić information content (AvgIpc) is 3.05. The lowest BCUT2D eigenvalue weighted by molar-refractivity contribution is 0.110. The summed E-state index contributed by atoms with van der Waals surface area (Å²) in [5.41, 5.74) is 2.63. The zero-order valence-corrected chi connectivity index (χ0v) is 14.2. The van der Waals surface area contributed by atoms with Gasteiger partial charge in [-0.05, 0) is 38.0 Å². The Kier molecular flexibility index (Phi) is 5.06. The quantitative estimate of drug-likeness (QED) is 0.857. The molecule has 1 aromatic rings. The molecule has 2 aliphatic rings. The maximum atomic E-state index is 11.8. The summed E-state index contributed by atoms with van der Waals surface area (Å²) >= 11 is 0. The molecule has 0 bridgehead atoms. The summed E-state index contributed by atoms with van der Waals surface area (Å²) in [6.07, 6.45) is 0.900. The lowest BCUT2D eigenvalue weighted by Gasteiger charge is -2.39. The Labute approximate surface area is 138 Å². The number of hydrogen-bond donors (Lipinski definition) is 0. The molecule has 1 aromatic carbocycles. The molecular formula is C18H27N3O2. The number of amides is 1. The van der Waals surface area contributed by atoms with Gasteiger partial charge in [-0.15, -0.1) is 0 Å². The zero-order chi connectivity index (χ0) is 16.2. The maximum Gasteiger partial charge on any atom is 0.409 e. The summed E-state index contributed by atoms with van der Waals surface area (Å²) in [5.74, 6) is 0. The van der Waals surface area contributed by atoms with Crippen LogP contribution in [0.3, 0.4) is 0 Å². The van der Waals surface area contributed by atoms with E-state index in [0.29, 0.717) is 12.6 Å². The highest BCUT2D eigenvalue weighted by Crippen LogP contribution is 2.22. The van der Waals surface area contributed by atoms with Gasteiger partial charge in [0.1, 0.15) is 0 Å². The van der Waals surface area contributed by atoms with Gasteiger partial charge in [-0.25, -0.2) is 4.79 Å². The van der Waals surface area contributed by atoms with E-state index in [4.69, 9.17) is 4.74 Å². The van der Waals surface area contributed by atoms with E-state index in [9.17, 15) is 4.79 Å². The zero-order valence-electron chi connectivity index (χ0n) is 14.2. The van der Waals surface area contributed by atoms with Crippen molar-refractivity contribution >= 4 is 11.8 Å². The first-order valence-electron chi connectivity index (χ1n) is 8.64. The number of carbonyl (C=O) groups is 1. The van der Waals surface area contributed by atoms with Crippen LogP contribution >= 0.6 is 0 Å². The normalized spacial score (nSPS) is 22.4. The van der Waals surface area contributed by atoms with Crippen LogP contribution in [-0.2, 0) is 4.74 Å².